The van der Waals surface area contributed by atoms with Gasteiger partial charge < -0.3 is 4.74 Å². The zero-order chi connectivity index (χ0) is 12.3. The van der Waals surface area contributed by atoms with Crippen LogP contribution in [0.15, 0.2) is 12.4 Å². The SMILES string of the molecule is COC(=O)C1CCCCN1Cc1cnn(C)c1. The van der Waals surface area contributed by atoms with Gasteiger partial charge in [0, 0.05) is 25.4 Å². The van der Waals surface area contributed by atoms with Crippen molar-refractivity contribution < 1.29 is 9.53 Å². The van der Waals surface area contributed by atoms with Gasteiger partial charge in [0.1, 0.15) is 6.04 Å². The Bertz CT molecular complexity index is 389. The summed E-state index contributed by atoms with van der Waals surface area (Å²) in [6.07, 6.45) is 6.98. The Balaban J connectivity index is 2.03. The van der Waals surface area contributed by atoms with Gasteiger partial charge in [-0.15, -0.1) is 0 Å². The molecule has 94 valence electrons. The number of rotatable bonds is 3. The number of likely N-dealkylation sites (tertiary alicyclic amines) is 1. The normalized spacial score (nSPS) is 21.4. The number of nitrogens with zero attached hydrogens (tertiary/aromatic N) is 3. The molecule has 1 saturated heterocycles. The predicted octanol–water partition coefficient (Wildman–Crippen LogP) is 0.948. The number of hydrogen-bond acceptors (Lipinski definition) is 4. The molecule has 0 N–H and O–H groups in total. The molecule has 1 aromatic heterocycles. The Hall–Kier alpha value is -1.36. The third kappa shape index (κ3) is 2.85. The van der Waals surface area contributed by atoms with Gasteiger partial charge in [0.25, 0.3) is 0 Å². The molecule has 0 spiro atoms. The molecule has 2 heterocycles. The topological polar surface area (TPSA) is 47.4 Å². The van der Waals surface area contributed by atoms with E-state index in [0.717, 1.165) is 37.9 Å². The van der Waals surface area contributed by atoms with E-state index in [9.17, 15) is 4.79 Å². The van der Waals surface area contributed by atoms with Crippen LogP contribution in [0, 0.1) is 0 Å². The molecule has 1 atom stereocenters. The van der Waals surface area contributed by atoms with Gasteiger partial charge in [-0.05, 0) is 19.4 Å². The van der Waals surface area contributed by atoms with Crippen LogP contribution in [0.4, 0.5) is 0 Å². The molecule has 2 rings (SSSR count). The molecule has 0 amide bonds. The third-order valence-corrected chi connectivity index (χ3v) is 3.23. The highest BCUT2D eigenvalue weighted by atomic mass is 16.5. The van der Waals surface area contributed by atoms with E-state index >= 15 is 0 Å². The molecule has 1 aliphatic heterocycles. The standard InChI is InChI=1S/C12H19N3O2/c1-14-8-10(7-13-14)9-15-6-4-3-5-11(15)12(16)17-2/h7-8,11H,3-6,9H2,1-2H3. The Morgan fingerprint density at radius 1 is 1.59 bits per heavy atom. The Labute approximate surface area is 101 Å². The van der Waals surface area contributed by atoms with Crippen LogP contribution in [-0.2, 0) is 23.1 Å². The number of aromatic nitrogens is 2. The monoisotopic (exact) mass is 237 g/mol. The van der Waals surface area contributed by atoms with Crippen molar-refractivity contribution in [2.45, 2.75) is 31.8 Å². The average molecular weight is 237 g/mol. The summed E-state index contributed by atoms with van der Waals surface area (Å²) >= 11 is 0. The molecule has 1 fully saturated rings. The maximum absolute atomic E-state index is 11.7. The fourth-order valence-corrected chi connectivity index (χ4v) is 2.37. The van der Waals surface area contributed by atoms with E-state index in [1.807, 2.05) is 19.4 Å². The van der Waals surface area contributed by atoms with Crippen LogP contribution in [0.5, 0.6) is 0 Å². The van der Waals surface area contributed by atoms with Crippen molar-refractivity contribution in [3.8, 4) is 0 Å². The van der Waals surface area contributed by atoms with E-state index in [0.29, 0.717) is 0 Å². The van der Waals surface area contributed by atoms with Crippen LogP contribution < -0.4 is 0 Å². The highest BCUT2D eigenvalue weighted by Gasteiger charge is 2.29. The van der Waals surface area contributed by atoms with Crippen LogP contribution >= 0.6 is 0 Å². The van der Waals surface area contributed by atoms with Crippen LogP contribution in [0.2, 0.25) is 0 Å². The minimum atomic E-state index is -0.117. The van der Waals surface area contributed by atoms with Gasteiger partial charge in [0.15, 0.2) is 0 Å². The summed E-state index contributed by atoms with van der Waals surface area (Å²) in [7, 11) is 3.36. The second-order valence-corrected chi connectivity index (χ2v) is 4.53. The fraction of sp³-hybridized carbons (Fsp3) is 0.667. The maximum atomic E-state index is 11.7. The van der Waals surface area contributed by atoms with Gasteiger partial charge in [-0.2, -0.15) is 5.10 Å². The summed E-state index contributed by atoms with van der Waals surface area (Å²) in [4.78, 5) is 13.9. The van der Waals surface area contributed by atoms with E-state index in [2.05, 4.69) is 10.00 Å². The number of methoxy groups -OCH3 is 1. The third-order valence-electron chi connectivity index (χ3n) is 3.23. The van der Waals surface area contributed by atoms with Crippen molar-refractivity contribution in [1.29, 1.82) is 0 Å². The number of aryl methyl sites for hydroxylation is 1. The van der Waals surface area contributed by atoms with Gasteiger partial charge in [-0.1, -0.05) is 6.42 Å². The van der Waals surface area contributed by atoms with Crippen molar-refractivity contribution in [3.63, 3.8) is 0 Å². The minimum Gasteiger partial charge on any atom is -0.468 e. The molecule has 17 heavy (non-hydrogen) atoms. The Morgan fingerprint density at radius 2 is 2.41 bits per heavy atom. The van der Waals surface area contributed by atoms with Gasteiger partial charge in [0.05, 0.1) is 13.3 Å². The zero-order valence-corrected chi connectivity index (χ0v) is 10.4. The molecular weight excluding hydrogens is 218 g/mol. The quantitative estimate of drug-likeness (QED) is 0.734. The number of carbonyl (C=O) groups excluding carboxylic acids is 1. The van der Waals surface area contributed by atoms with E-state index in [1.54, 1.807) is 4.68 Å². The summed E-state index contributed by atoms with van der Waals surface area (Å²) in [6.45, 7) is 1.72. The average Bonchev–Trinajstić information content (AvgIpc) is 2.74. The van der Waals surface area contributed by atoms with E-state index in [-0.39, 0.29) is 12.0 Å². The molecule has 5 nitrogen and oxygen atoms in total. The van der Waals surface area contributed by atoms with Crippen molar-refractivity contribution >= 4 is 5.97 Å². The second-order valence-electron chi connectivity index (χ2n) is 4.53. The van der Waals surface area contributed by atoms with Crippen molar-refractivity contribution in [2.24, 2.45) is 7.05 Å². The largest absolute Gasteiger partial charge is 0.468 e. The Morgan fingerprint density at radius 3 is 3.06 bits per heavy atom. The van der Waals surface area contributed by atoms with Crippen LogP contribution in [-0.4, -0.2) is 40.3 Å². The molecule has 0 aliphatic carbocycles. The lowest BCUT2D eigenvalue weighted by molar-refractivity contribution is -0.148. The summed E-state index contributed by atoms with van der Waals surface area (Å²) in [5.74, 6) is -0.117. The lowest BCUT2D eigenvalue weighted by Gasteiger charge is -2.33. The molecule has 0 aromatic carbocycles. The van der Waals surface area contributed by atoms with Gasteiger partial charge in [-0.3, -0.25) is 14.4 Å². The highest BCUT2D eigenvalue weighted by molar-refractivity contribution is 5.75. The fourth-order valence-electron chi connectivity index (χ4n) is 2.37. The molecule has 0 radical (unpaired) electrons. The number of piperidine rings is 1. The Kier molecular flexibility index (Phi) is 3.78. The molecule has 5 heteroatoms. The summed E-state index contributed by atoms with van der Waals surface area (Å²) in [6, 6.07) is -0.0889. The number of carbonyl (C=O) groups is 1. The van der Waals surface area contributed by atoms with Gasteiger partial charge in [0.2, 0.25) is 0 Å². The van der Waals surface area contributed by atoms with Crippen LogP contribution in [0.3, 0.4) is 0 Å². The first kappa shape index (κ1) is 12.1. The number of hydrogen-bond donors (Lipinski definition) is 0. The molecule has 0 bridgehead atoms. The molecular formula is C12H19N3O2. The molecule has 0 saturated carbocycles. The summed E-state index contributed by atoms with van der Waals surface area (Å²) in [5.41, 5.74) is 1.14. The predicted molar refractivity (Wildman–Crippen MR) is 63.3 cm³/mol. The van der Waals surface area contributed by atoms with Crippen molar-refractivity contribution in [3.05, 3.63) is 18.0 Å². The minimum absolute atomic E-state index is 0.0889. The summed E-state index contributed by atoms with van der Waals surface area (Å²) < 4.78 is 6.65. The first-order valence-corrected chi connectivity index (χ1v) is 6.00. The molecule has 1 aromatic rings. The van der Waals surface area contributed by atoms with Gasteiger partial charge >= 0.3 is 5.97 Å². The van der Waals surface area contributed by atoms with Crippen LogP contribution in [0.1, 0.15) is 24.8 Å². The maximum Gasteiger partial charge on any atom is 0.323 e. The first-order valence-electron chi connectivity index (χ1n) is 6.00. The lowest BCUT2D eigenvalue weighted by atomic mass is 10.0. The number of ether oxygens (including phenoxy) is 1. The smallest absolute Gasteiger partial charge is 0.323 e. The summed E-state index contributed by atoms with van der Waals surface area (Å²) in [5, 5.41) is 4.15. The molecule has 1 unspecified atom stereocenters. The van der Waals surface area contributed by atoms with Crippen LogP contribution in [0.25, 0.3) is 0 Å². The second kappa shape index (κ2) is 5.31. The lowest BCUT2D eigenvalue weighted by Crippen LogP contribution is -2.44. The van der Waals surface area contributed by atoms with E-state index in [1.165, 1.54) is 7.11 Å². The van der Waals surface area contributed by atoms with E-state index in [4.69, 9.17) is 4.74 Å². The van der Waals surface area contributed by atoms with E-state index < -0.39 is 0 Å². The highest BCUT2D eigenvalue weighted by Crippen LogP contribution is 2.20. The van der Waals surface area contributed by atoms with Crippen molar-refractivity contribution in [2.75, 3.05) is 13.7 Å². The van der Waals surface area contributed by atoms with Crippen molar-refractivity contribution in [1.82, 2.24) is 14.7 Å². The molecule has 1 aliphatic rings. The van der Waals surface area contributed by atoms with Gasteiger partial charge in [-0.25, -0.2) is 0 Å². The first-order chi connectivity index (χ1) is 8.20. The zero-order valence-electron chi connectivity index (χ0n) is 10.4. The number of esters is 1.